The number of sulfonamides is 1. The maximum absolute atomic E-state index is 12.9. The molecule has 0 spiro atoms. The molecule has 0 aliphatic carbocycles. The summed E-state index contributed by atoms with van der Waals surface area (Å²) in [5, 5.41) is 2.75. The van der Waals surface area contributed by atoms with E-state index in [0.29, 0.717) is 37.4 Å². The highest BCUT2D eigenvalue weighted by Crippen LogP contribution is 2.14. The average Bonchev–Trinajstić information content (AvgIpc) is 2.68. The van der Waals surface area contributed by atoms with Crippen molar-refractivity contribution in [2.75, 3.05) is 26.3 Å². The van der Waals surface area contributed by atoms with Crippen molar-refractivity contribution < 1.29 is 22.3 Å². The summed E-state index contributed by atoms with van der Waals surface area (Å²) >= 11 is 0. The van der Waals surface area contributed by atoms with Gasteiger partial charge in [-0.15, -0.1) is 0 Å². The van der Waals surface area contributed by atoms with Crippen molar-refractivity contribution in [1.29, 1.82) is 0 Å². The minimum absolute atomic E-state index is 0.107. The molecule has 2 aromatic carbocycles. The van der Waals surface area contributed by atoms with Crippen LogP contribution in [0.1, 0.15) is 21.5 Å². The van der Waals surface area contributed by atoms with Gasteiger partial charge >= 0.3 is 0 Å². The van der Waals surface area contributed by atoms with Gasteiger partial charge in [0.25, 0.3) is 5.91 Å². The van der Waals surface area contributed by atoms with Gasteiger partial charge in [0.15, 0.2) is 0 Å². The van der Waals surface area contributed by atoms with E-state index in [1.165, 1.54) is 16.4 Å². The van der Waals surface area contributed by atoms with Crippen LogP contribution in [0.5, 0.6) is 0 Å². The Morgan fingerprint density at radius 1 is 1.00 bits per heavy atom. The lowest BCUT2D eigenvalue weighted by Gasteiger charge is -2.26. The molecule has 0 radical (unpaired) electrons. The molecule has 1 saturated heterocycles. The molecule has 0 saturated carbocycles. The summed E-state index contributed by atoms with van der Waals surface area (Å²) < 4.78 is 44.3. The number of rotatable bonds is 6. The SMILES string of the molecule is O=C(NCc1ccc(F)cc1)c1ccc(CS(=O)(=O)N2CCOCC2)cc1. The van der Waals surface area contributed by atoms with E-state index < -0.39 is 10.0 Å². The summed E-state index contributed by atoms with van der Waals surface area (Å²) in [6.07, 6.45) is 0. The second-order valence-corrected chi connectivity index (χ2v) is 8.24. The molecule has 0 unspecified atom stereocenters. The van der Waals surface area contributed by atoms with Crippen LogP contribution in [0, 0.1) is 5.82 Å². The fourth-order valence-corrected chi connectivity index (χ4v) is 4.27. The maximum Gasteiger partial charge on any atom is 0.251 e. The molecule has 2 aromatic rings. The standard InChI is InChI=1S/C19H21FN2O4S/c20-18-7-3-15(4-8-18)13-21-19(23)17-5-1-16(2-6-17)14-27(24,25)22-9-11-26-12-10-22/h1-8H,9-14H2,(H,21,23). The summed E-state index contributed by atoms with van der Waals surface area (Å²) in [5.41, 5.74) is 1.85. The molecule has 1 heterocycles. The Kier molecular flexibility index (Phi) is 6.20. The molecule has 8 heteroatoms. The molecule has 0 bridgehead atoms. The number of ether oxygens (including phenoxy) is 1. The van der Waals surface area contributed by atoms with E-state index in [9.17, 15) is 17.6 Å². The van der Waals surface area contributed by atoms with Gasteiger partial charge in [-0.25, -0.2) is 12.8 Å². The third-order valence-corrected chi connectivity index (χ3v) is 6.15. The number of morpholine rings is 1. The molecular formula is C19H21FN2O4S. The van der Waals surface area contributed by atoms with E-state index in [1.807, 2.05) is 0 Å². The van der Waals surface area contributed by atoms with Crippen molar-refractivity contribution in [3.05, 3.63) is 71.0 Å². The lowest BCUT2D eigenvalue weighted by molar-refractivity contribution is 0.0729. The topological polar surface area (TPSA) is 75.7 Å². The third-order valence-electron chi connectivity index (χ3n) is 4.29. The Bertz CT molecular complexity index is 877. The summed E-state index contributed by atoms with van der Waals surface area (Å²) in [6.45, 7) is 1.84. The van der Waals surface area contributed by atoms with Crippen LogP contribution in [0.2, 0.25) is 0 Å². The molecule has 27 heavy (non-hydrogen) atoms. The van der Waals surface area contributed by atoms with Gasteiger partial charge in [-0.2, -0.15) is 4.31 Å². The Morgan fingerprint density at radius 3 is 2.22 bits per heavy atom. The van der Waals surface area contributed by atoms with Crippen LogP contribution < -0.4 is 5.32 Å². The fourth-order valence-electron chi connectivity index (χ4n) is 2.77. The molecule has 0 atom stereocenters. The predicted molar refractivity (Wildman–Crippen MR) is 99.0 cm³/mol. The van der Waals surface area contributed by atoms with Crippen LogP contribution in [-0.2, 0) is 27.1 Å². The largest absolute Gasteiger partial charge is 0.379 e. The fraction of sp³-hybridized carbons (Fsp3) is 0.316. The van der Waals surface area contributed by atoms with Crippen molar-refractivity contribution in [3.8, 4) is 0 Å². The molecule has 3 rings (SSSR count). The molecule has 0 aromatic heterocycles. The number of benzene rings is 2. The van der Waals surface area contributed by atoms with Crippen LogP contribution in [0.25, 0.3) is 0 Å². The summed E-state index contributed by atoms with van der Waals surface area (Å²) in [4.78, 5) is 12.2. The van der Waals surface area contributed by atoms with E-state index in [1.54, 1.807) is 36.4 Å². The van der Waals surface area contributed by atoms with Gasteiger partial charge < -0.3 is 10.1 Å². The van der Waals surface area contributed by atoms with Crippen LogP contribution in [0.3, 0.4) is 0 Å². The Hall–Kier alpha value is -2.29. The van der Waals surface area contributed by atoms with Gasteiger partial charge in [-0.1, -0.05) is 24.3 Å². The van der Waals surface area contributed by atoms with E-state index >= 15 is 0 Å². The highest BCUT2D eigenvalue weighted by molar-refractivity contribution is 7.88. The van der Waals surface area contributed by atoms with E-state index in [2.05, 4.69) is 5.32 Å². The Balaban J connectivity index is 1.57. The van der Waals surface area contributed by atoms with Crippen molar-refractivity contribution >= 4 is 15.9 Å². The smallest absolute Gasteiger partial charge is 0.251 e. The third kappa shape index (κ3) is 5.35. The minimum Gasteiger partial charge on any atom is -0.379 e. The van der Waals surface area contributed by atoms with E-state index in [0.717, 1.165) is 5.56 Å². The van der Waals surface area contributed by atoms with E-state index in [-0.39, 0.29) is 24.0 Å². The lowest BCUT2D eigenvalue weighted by Crippen LogP contribution is -2.41. The van der Waals surface area contributed by atoms with Crippen molar-refractivity contribution in [1.82, 2.24) is 9.62 Å². The summed E-state index contributed by atoms with van der Waals surface area (Å²) in [7, 11) is -3.40. The molecule has 144 valence electrons. The Morgan fingerprint density at radius 2 is 1.59 bits per heavy atom. The van der Waals surface area contributed by atoms with Gasteiger partial charge in [-0.05, 0) is 35.4 Å². The number of carbonyl (C=O) groups is 1. The average molecular weight is 392 g/mol. The quantitative estimate of drug-likeness (QED) is 0.815. The van der Waals surface area contributed by atoms with Gasteiger partial charge in [0.05, 0.1) is 19.0 Å². The first-order valence-electron chi connectivity index (χ1n) is 8.61. The number of nitrogens with one attached hydrogen (secondary N) is 1. The minimum atomic E-state index is -3.40. The molecular weight excluding hydrogens is 371 g/mol. The van der Waals surface area contributed by atoms with Gasteiger partial charge in [0, 0.05) is 25.2 Å². The van der Waals surface area contributed by atoms with Crippen LogP contribution in [0.15, 0.2) is 48.5 Å². The van der Waals surface area contributed by atoms with Crippen LogP contribution >= 0.6 is 0 Å². The number of hydrogen-bond acceptors (Lipinski definition) is 4. The van der Waals surface area contributed by atoms with Crippen molar-refractivity contribution in [2.45, 2.75) is 12.3 Å². The van der Waals surface area contributed by atoms with Crippen LogP contribution in [0.4, 0.5) is 4.39 Å². The van der Waals surface area contributed by atoms with Crippen molar-refractivity contribution in [3.63, 3.8) is 0 Å². The number of amides is 1. The summed E-state index contributed by atoms with van der Waals surface area (Å²) in [5.74, 6) is -0.709. The number of halogens is 1. The van der Waals surface area contributed by atoms with Gasteiger partial charge in [-0.3, -0.25) is 4.79 Å². The number of nitrogens with zero attached hydrogens (tertiary/aromatic N) is 1. The zero-order chi connectivity index (χ0) is 19.3. The number of carbonyl (C=O) groups excluding carboxylic acids is 1. The molecule has 1 N–H and O–H groups in total. The lowest BCUT2D eigenvalue weighted by atomic mass is 10.1. The summed E-state index contributed by atoms with van der Waals surface area (Å²) in [6, 6.07) is 12.4. The molecule has 1 fully saturated rings. The predicted octanol–water partition coefficient (Wildman–Crippen LogP) is 1.92. The second-order valence-electron chi connectivity index (χ2n) is 6.27. The first kappa shape index (κ1) is 19.5. The second kappa shape index (κ2) is 8.60. The zero-order valence-corrected chi connectivity index (χ0v) is 15.5. The molecule has 1 amide bonds. The van der Waals surface area contributed by atoms with Gasteiger partial charge in [0.1, 0.15) is 5.82 Å². The molecule has 1 aliphatic heterocycles. The zero-order valence-electron chi connectivity index (χ0n) is 14.7. The monoisotopic (exact) mass is 392 g/mol. The van der Waals surface area contributed by atoms with Crippen LogP contribution in [-0.4, -0.2) is 44.9 Å². The number of hydrogen-bond donors (Lipinski definition) is 1. The maximum atomic E-state index is 12.9. The van der Waals surface area contributed by atoms with E-state index in [4.69, 9.17) is 4.74 Å². The molecule has 6 nitrogen and oxygen atoms in total. The highest BCUT2D eigenvalue weighted by atomic mass is 32.2. The Labute approximate surface area is 158 Å². The van der Waals surface area contributed by atoms with Gasteiger partial charge in [0.2, 0.25) is 10.0 Å². The highest BCUT2D eigenvalue weighted by Gasteiger charge is 2.24. The first-order valence-corrected chi connectivity index (χ1v) is 10.2. The van der Waals surface area contributed by atoms with Crippen molar-refractivity contribution in [2.24, 2.45) is 0 Å². The first-order chi connectivity index (χ1) is 12.9. The normalized spacial score (nSPS) is 15.4. The molecule has 1 aliphatic rings.